The number of nitrogens with zero attached hydrogens (tertiary/aromatic N) is 5. The Balaban J connectivity index is 1.44. The fourth-order valence-corrected chi connectivity index (χ4v) is 3.71. The molecule has 3 aromatic rings. The van der Waals surface area contributed by atoms with Crippen LogP contribution in [0.4, 0.5) is 25.5 Å². The molecule has 1 aromatic carbocycles. The largest absolute Gasteiger partial charge is 0.513 e. The highest BCUT2D eigenvalue weighted by atomic mass is 19.1. The van der Waals surface area contributed by atoms with E-state index in [1.54, 1.807) is 20.8 Å². The van der Waals surface area contributed by atoms with Gasteiger partial charge in [0.25, 0.3) is 5.69 Å². The van der Waals surface area contributed by atoms with Crippen molar-refractivity contribution in [3.8, 4) is 18.1 Å². The maximum absolute atomic E-state index is 14.3. The molecule has 0 aliphatic carbocycles. The zero-order valence-electron chi connectivity index (χ0n) is 21.0. The Morgan fingerprint density at radius 2 is 2.05 bits per heavy atom. The average Bonchev–Trinajstić information content (AvgIpc) is 3.47. The molecule has 1 N–H and O–H groups in total. The molecule has 0 spiro atoms. The summed E-state index contributed by atoms with van der Waals surface area (Å²) in [4.78, 5) is 46.1. The molecule has 2 aromatic heterocycles. The number of hydrogen-bond donors (Lipinski definition) is 1. The summed E-state index contributed by atoms with van der Waals surface area (Å²) < 4.78 is 37.0. The van der Waals surface area contributed by atoms with Gasteiger partial charge < -0.3 is 18.9 Å². The molecule has 1 amide bonds. The number of nitrogens with one attached hydrogen (secondary N) is 1. The van der Waals surface area contributed by atoms with E-state index in [0.29, 0.717) is 6.42 Å². The molecule has 2 unspecified atom stereocenters. The van der Waals surface area contributed by atoms with Crippen molar-refractivity contribution in [2.45, 2.75) is 51.0 Å². The number of carbonyl (C=O) groups excluding carboxylic acids is 2. The Bertz CT molecular complexity index is 1460. The summed E-state index contributed by atoms with van der Waals surface area (Å²) in [5.41, 5.74) is -2.17. The number of halogens is 1. The minimum absolute atomic E-state index is 0.0323. The summed E-state index contributed by atoms with van der Waals surface area (Å²) >= 11 is 0. The third-order valence-electron chi connectivity index (χ3n) is 5.42. The molecule has 15 heteroatoms. The Morgan fingerprint density at radius 3 is 2.69 bits per heavy atom. The van der Waals surface area contributed by atoms with E-state index in [0.717, 1.165) is 0 Å². The number of anilines is 1. The highest BCUT2D eigenvalue weighted by molar-refractivity contribution is 5.93. The molecule has 204 valence electrons. The molecule has 14 nitrogen and oxygen atoms in total. The van der Waals surface area contributed by atoms with E-state index in [2.05, 4.69) is 26.2 Å². The first-order chi connectivity index (χ1) is 18.4. The second-order valence-corrected chi connectivity index (χ2v) is 9.43. The van der Waals surface area contributed by atoms with Crippen molar-refractivity contribution in [1.82, 2.24) is 19.5 Å². The van der Waals surface area contributed by atoms with Gasteiger partial charge in [-0.25, -0.2) is 14.6 Å². The zero-order valence-corrected chi connectivity index (χ0v) is 21.0. The first-order valence-corrected chi connectivity index (χ1v) is 11.5. The van der Waals surface area contributed by atoms with Crippen molar-refractivity contribution in [3.63, 3.8) is 0 Å². The van der Waals surface area contributed by atoms with Crippen molar-refractivity contribution < 1.29 is 37.9 Å². The van der Waals surface area contributed by atoms with Gasteiger partial charge in [-0.1, -0.05) is 5.92 Å². The molecule has 3 heterocycles. The van der Waals surface area contributed by atoms with E-state index in [4.69, 9.17) is 25.4 Å². The van der Waals surface area contributed by atoms with Gasteiger partial charge in [0.1, 0.15) is 24.2 Å². The number of hydrogen-bond acceptors (Lipinski definition) is 11. The summed E-state index contributed by atoms with van der Waals surface area (Å²) in [6.45, 7) is 4.65. The summed E-state index contributed by atoms with van der Waals surface area (Å²) in [6, 6.07) is 4.84. The van der Waals surface area contributed by atoms with Gasteiger partial charge in [-0.2, -0.15) is 14.4 Å². The lowest BCUT2D eigenvalue weighted by Crippen LogP contribution is -2.34. The van der Waals surface area contributed by atoms with Crippen LogP contribution >= 0.6 is 0 Å². The minimum Gasteiger partial charge on any atom is -0.444 e. The van der Waals surface area contributed by atoms with Gasteiger partial charge in [0, 0.05) is 12.1 Å². The van der Waals surface area contributed by atoms with Crippen LogP contribution in [0.25, 0.3) is 11.2 Å². The Kier molecular flexibility index (Phi) is 7.32. The Morgan fingerprint density at radius 1 is 1.33 bits per heavy atom. The molecule has 1 saturated heterocycles. The number of nitro benzene ring substituents is 1. The Hall–Kier alpha value is -4.84. The van der Waals surface area contributed by atoms with Crippen LogP contribution < -0.4 is 10.1 Å². The third-order valence-corrected chi connectivity index (χ3v) is 5.42. The predicted octanol–water partition coefficient (Wildman–Crippen LogP) is 4.12. The SMILES string of the molecule is C#CC1(COC(=O)Oc2ccc([N+](=O)[O-])cc2)CCC(n2cnc3c(NC(=O)OC(C)(C)C)nc(F)nc32)O1. The lowest BCUT2D eigenvalue weighted by Gasteiger charge is -2.23. The van der Waals surface area contributed by atoms with Crippen molar-refractivity contribution >= 4 is 34.9 Å². The number of non-ortho nitro benzene ring substituents is 1. The van der Waals surface area contributed by atoms with E-state index < -0.39 is 40.7 Å². The highest BCUT2D eigenvalue weighted by Gasteiger charge is 2.42. The van der Waals surface area contributed by atoms with Gasteiger partial charge in [-0.15, -0.1) is 6.42 Å². The number of imidazole rings is 1. The lowest BCUT2D eigenvalue weighted by atomic mass is 10.0. The number of fused-ring (bicyclic) bond motifs is 1. The topological polar surface area (TPSA) is 170 Å². The maximum Gasteiger partial charge on any atom is 0.513 e. The summed E-state index contributed by atoms with van der Waals surface area (Å²) in [5.74, 6) is 2.33. The van der Waals surface area contributed by atoms with Gasteiger partial charge in [0.15, 0.2) is 22.6 Å². The van der Waals surface area contributed by atoms with Crippen LogP contribution in [0.2, 0.25) is 0 Å². The van der Waals surface area contributed by atoms with E-state index in [1.165, 1.54) is 35.2 Å². The van der Waals surface area contributed by atoms with Gasteiger partial charge in [0.2, 0.25) is 0 Å². The monoisotopic (exact) mass is 542 g/mol. The molecule has 39 heavy (non-hydrogen) atoms. The molecular formula is C24H23FN6O8. The molecule has 0 saturated carbocycles. The second-order valence-electron chi connectivity index (χ2n) is 9.43. The zero-order chi connectivity index (χ0) is 28.4. The van der Waals surface area contributed by atoms with E-state index in [1.807, 2.05) is 0 Å². The van der Waals surface area contributed by atoms with Crippen LogP contribution in [-0.4, -0.2) is 54.5 Å². The van der Waals surface area contributed by atoms with Crippen molar-refractivity contribution in [1.29, 1.82) is 0 Å². The summed E-state index contributed by atoms with van der Waals surface area (Å²) in [5, 5.41) is 13.1. The van der Waals surface area contributed by atoms with Crippen molar-refractivity contribution in [2.75, 3.05) is 11.9 Å². The predicted molar refractivity (Wildman–Crippen MR) is 131 cm³/mol. The fraction of sp³-hybridized carbons (Fsp3) is 0.375. The molecule has 1 fully saturated rings. The molecule has 0 bridgehead atoms. The van der Waals surface area contributed by atoms with Gasteiger partial charge in [-0.05, 0) is 45.7 Å². The number of ether oxygens (including phenoxy) is 4. The van der Waals surface area contributed by atoms with Crippen molar-refractivity contribution in [3.05, 3.63) is 46.8 Å². The number of carbonyl (C=O) groups is 2. The summed E-state index contributed by atoms with van der Waals surface area (Å²) in [6.07, 6.45) is 3.80. The van der Waals surface area contributed by atoms with Gasteiger partial charge in [0.05, 0.1) is 11.3 Å². The highest BCUT2D eigenvalue weighted by Crippen LogP contribution is 2.38. The minimum atomic E-state index is -1.33. The Labute approximate surface area is 220 Å². The fourth-order valence-electron chi connectivity index (χ4n) is 3.71. The van der Waals surface area contributed by atoms with Crippen LogP contribution in [0.1, 0.15) is 39.8 Å². The summed E-state index contributed by atoms with van der Waals surface area (Å²) in [7, 11) is 0. The van der Waals surface area contributed by atoms with Crippen LogP contribution in [0, 0.1) is 28.5 Å². The van der Waals surface area contributed by atoms with Gasteiger partial charge >= 0.3 is 18.3 Å². The number of aromatic nitrogens is 4. The first kappa shape index (κ1) is 27.2. The first-order valence-electron chi connectivity index (χ1n) is 11.5. The molecule has 1 aliphatic heterocycles. The number of terminal acetylenes is 1. The standard InChI is InChI=1S/C24H23FN6O8/c1-5-24(12-36-22(33)37-15-8-6-14(7-9-15)31(34)35)11-10-16(38-24)30-13-26-17-18(27-20(25)29-19(17)30)28-21(32)39-23(2,3)4/h1,6-9,13,16H,10-12H2,2-4H3,(H,27,28,29,32). The number of benzene rings is 1. The lowest BCUT2D eigenvalue weighted by molar-refractivity contribution is -0.384. The maximum atomic E-state index is 14.3. The van der Waals surface area contributed by atoms with Crippen LogP contribution in [0.5, 0.6) is 5.75 Å². The van der Waals surface area contributed by atoms with E-state index >= 15 is 0 Å². The quantitative estimate of drug-likeness (QED) is 0.119. The third kappa shape index (κ3) is 6.36. The van der Waals surface area contributed by atoms with Gasteiger partial charge in [-0.3, -0.25) is 20.0 Å². The molecule has 4 rings (SSSR count). The molecule has 1 aliphatic rings. The number of rotatable bonds is 6. The van der Waals surface area contributed by atoms with Crippen LogP contribution in [0.15, 0.2) is 30.6 Å². The van der Waals surface area contributed by atoms with Crippen molar-refractivity contribution in [2.24, 2.45) is 0 Å². The normalized spacial score (nSPS) is 18.8. The number of amides is 1. The molecule has 2 atom stereocenters. The second kappa shape index (κ2) is 10.5. The van der Waals surface area contributed by atoms with E-state index in [9.17, 15) is 24.1 Å². The smallest absolute Gasteiger partial charge is 0.444 e. The van der Waals surface area contributed by atoms with E-state index in [-0.39, 0.29) is 41.4 Å². The average molecular weight is 542 g/mol. The molecule has 0 radical (unpaired) electrons. The van der Waals surface area contributed by atoms with Crippen LogP contribution in [0.3, 0.4) is 0 Å². The number of nitro groups is 1. The van der Waals surface area contributed by atoms with Crippen LogP contribution in [-0.2, 0) is 14.2 Å². The molecular weight excluding hydrogens is 519 g/mol.